The number of rotatable bonds is 16. The highest BCUT2D eigenvalue weighted by Gasteiger charge is 2.36. The van der Waals surface area contributed by atoms with Gasteiger partial charge in [0.2, 0.25) is 0 Å². The number of hydrogen-bond acceptors (Lipinski definition) is 11. The van der Waals surface area contributed by atoms with Crippen LogP contribution in [-0.2, 0) is 35.0 Å². The molecule has 0 amide bonds. The van der Waals surface area contributed by atoms with Crippen molar-refractivity contribution in [2.24, 2.45) is 17.6 Å². The highest BCUT2D eigenvalue weighted by molar-refractivity contribution is 5.81. The summed E-state index contributed by atoms with van der Waals surface area (Å²) >= 11 is 0. The number of unbranched alkanes of at least 4 members (excludes halogenated alkanes) is 2. The number of ether oxygens (including phenoxy) is 6. The minimum Gasteiger partial charge on any atom is -0.468 e. The molecule has 1 aromatic rings. The van der Waals surface area contributed by atoms with E-state index in [1.54, 1.807) is 19.9 Å². The van der Waals surface area contributed by atoms with E-state index < -0.39 is 36.0 Å². The Kier molecular flexibility index (Phi) is 15.2. The fourth-order valence-corrected chi connectivity index (χ4v) is 3.40. The Morgan fingerprint density at radius 3 is 1.93 bits per heavy atom. The molecule has 0 aliphatic heterocycles. The lowest BCUT2D eigenvalue weighted by atomic mass is 9.88. The minimum absolute atomic E-state index is 0.0129. The fourth-order valence-electron chi connectivity index (χ4n) is 3.40. The molecule has 41 heavy (non-hydrogen) atoms. The molecular weight excluding hydrogens is 534 g/mol. The first-order valence-corrected chi connectivity index (χ1v) is 14.1. The van der Waals surface area contributed by atoms with Crippen molar-refractivity contribution in [1.82, 2.24) is 0 Å². The van der Waals surface area contributed by atoms with Gasteiger partial charge in [-0.2, -0.15) is 0 Å². The lowest BCUT2D eigenvalue weighted by Crippen LogP contribution is -2.51. The molecule has 0 aliphatic carbocycles. The maximum Gasteiger partial charge on any atom is 0.514 e. The molecule has 232 valence electrons. The Balaban J connectivity index is 3.17. The molecule has 0 radical (unpaired) electrons. The van der Waals surface area contributed by atoms with Gasteiger partial charge in [0.25, 0.3) is 0 Å². The largest absolute Gasteiger partial charge is 0.514 e. The highest BCUT2D eigenvalue weighted by Crippen LogP contribution is 2.32. The first kappa shape index (κ1) is 35.7. The van der Waals surface area contributed by atoms with E-state index in [1.165, 1.54) is 19.2 Å². The van der Waals surface area contributed by atoms with Crippen LogP contribution < -0.4 is 15.2 Å². The highest BCUT2D eigenvalue weighted by atomic mass is 16.8. The number of methoxy groups -OCH3 is 1. The van der Waals surface area contributed by atoms with E-state index >= 15 is 0 Å². The number of nitrogens with two attached hydrogens (primary N) is 1. The Bertz CT molecular complexity index is 1010. The molecule has 0 aromatic heterocycles. The second kappa shape index (κ2) is 17.5. The van der Waals surface area contributed by atoms with Gasteiger partial charge < -0.3 is 34.2 Å². The van der Waals surface area contributed by atoms with Gasteiger partial charge in [-0.1, -0.05) is 53.5 Å². The summed E-state index contributed by atoms with van der Waals surface area (Å²) in [4.78, 5) is 49.6. The second-order valence-electron chi connectivity index (χ2n) is 10.9. The van der Waals surface area contributed by atoms with Crippen LogP contribution >= 0.6 is 0 Å². The summed E-state index contributed by atoms with van der Waals surface area (Å²) in [7, 11) is 1.21. The van der Waals surface area contributed by atoms with Gasteiger partial charge in [0, 0.05) is 19.3 Å². The van der Waals surface area contributed by atoms with Crippen LogP contribution in [0, 0.1) is 11.8 Å². The van der Waals surface area contributed by atoms with Gasteiger partial charge in [-0.05, 0) is 49.8 Å². The van der Waals surface area contributed by atoms with Gasteiger partial charge in [0.05, 0.1) is 13.7 Å². The summed E-state index contributed by atoms with van der Waals surface area (Å²) in [6.45, 7) is 13.0. The molecule has 0 saturated heterocycles. The molecule has 11 nitrogen and oxygen atoms in total. The summed E-state index contributed by atoms with van der Waals surface area (Å²) < 4.78 is 31.5. The maximum atomic E-state index is 12.7. The van der Waals surface area contributed by atoms with Crippen LogP contribution in [0.1, 0.15) is 86.1 Å². The van der Waals surface area contributed by atoms with E-state index in [0.717, 1.165) is 19.3 Å². The van der Waals surface area contributed by atoms with E-state index in [-0.39, 0.29) is 55.2 Å². The first-order valence-electron chi connectivity index (χ1n) is 14.1. The second-order valence-corrected chi connectivity index (χ2v) is 10.9. The van der Waals surface area contributed by atoms with Gasteiger partial charge in [-0.3, -0.25) is 9.59 Å². The predicted molar refractivity (Wildman–Crippen MR) is 152 cm³/mol. The zero-order valence-corrected chi connectivity index (χ0v) is 25.7. The summed E-state index contributed by atoms with van der Waals surface area (Å²) in [5.41, 5.74) is 5.34. The predicted octanol–water partition coefficient (Wildman–Crippen LogP) is 5.73. The SMILES string of the molecule is CCCCCC(=O)OCC[C@@](N)(Cc1ccc(OC(=O)O[C@@H](C)C(C)C)c(OC(=O)OC(C)C(C)C)c1)C(=O)OC. The third kappa shape index (κ3) is 12.8. The van der Waals surface area contributed by atoms with Gasteiger partial charge >= 0.3 is 24.2 Å². The van der Waals surface area contributed by atoms with Crippen LogP contribution in [0.4, 0.5) is 9.59 Å². The van der Waals surface area contributed by atoms with Gasteiger partial charge in [-0.25, -0.2) is 9.59 Å². The Morgan fingerprint density at radius 2 is 1.41 bits per heavy atom. The Labute approximate surface area is 243 Å². The smallest absolute Gasteiger partial charge is 0.468 e. The van der Waals surface area contributed by atoms with Crippen molar-refractivity contribution in [1.29, 1.82) is 0 Å². The summed E-state index contributed by atoms with van der Waals surface area (Å²) in [5, 5.41) is 0. The number of carbonyl (C=O) groups excluding carboxylic acids is 4. The van der Waals surface area contributed by atoms with Crippen LogP contribution in [0.25, 0.3) is 0 Å². The topological polar surface area (TPSA) is 150 Å². The first-order chi connectivity index (χ1) is 19.2. The van der Waals surface area contributed by atoms with Gasteiger partial charge in [0.1, 0.15) is 17.7 Å². The number of benzene rings is 1. The van der Waals surface area contributed by atoms with Crippen molar-refractivity contribution in [2.45, 2.75) is 105 Å². The van der Waals surface area contributed by atoms with Crippen molar-refractivity contribution in [3.05, 3.63) is 23.8 Å². The zero-order chi connectivity index (χ0) is 31.2. The molecule has 1 aromatic carbocycles. The molecule has 2 N–H and O–H groups in total. The van der Waals surface area contributed by atoms with E-state index in [2.05, 4.69) is 0 Å². The fraction of sp³-hybridized carbons (Fsp3) is 0.667. The normalized spacial score (nSPS) is 14.0. The van der Waals surface area contributed by atoms with Crippen LogP contribution in [0.2, 0.25) is 0 Å². The van der Waals surface area contributed by atoms with Crippen LogP contribution in [0.3, 0.4) is 0 Å². The van der Waals surface area contributed by atoms with Crippen LogP contribution in [-0.4, -0.2) is 55.7 Å². The Hall–Kier alpha value is -3.34. The molecule has 1 unspecified atom stereocenters. The lowest BCUT2D eigenvalue weighted by molar-refractivity contribution is -0.151. The molecule has 0 heterocycles. The van der Waals surface area contributed by atoms with Crippen molar-refractivity contribution in [3.63, 3.8) is 0 Å². The van der Waals surface area contributed by atoms with E-state index in [0.29, 0.717) is 5.56 Å². The lowest BCUT2D eigenvalue weighted by Gasteiger charge is -2.27. The van der Waals surface area contributed by atoms with Gasteiger partial charge in [-0.15, -0.1) is 0 Å². The third-order valence-corrected chi connectivity index (χ3v) is 6.74. The third-order valence-electron chi connectivity index (χ3n) is 6.74. The molecule has 0 fully saturated rings. The van der Waals surface area contributed by atoms with E-state index in [4.69, 9.17) is 34.2 Å². The van der Waals surface area contributed by atoms with Crippen molar-refractivity contribution >= 4 is 24.2 Å². The molecule has 11 heteroatoms. The van der Waals surface area contributed by atoms with Crippen molar-refractivity contribution in [3.8, 4) is 11.5 Å². The van der Waals surface area contributed by atoms with Crippen LogP contribution in [0.5, 0.6) is 11.5 Å². The molecule has 1 rings (SSSR count). The van der Waals surface area contributed by atoms with E-state index in [9.17, 15) is 19.2 Å². The average molecular weight is 582 g/mol. The molecule has 0 bridgehead atoms. The summed E-state index contributed by atoms with van der Waals surface area (Å²) in [6.07, 6.45) is 0.000902. The van der Waals surface area contributed by atoms with Crippen LogP contribution in [0.15, 0.2) is 18.2 Å². The minimum atomic E-state index is -1.56. The molecule has 3 atom stereocenters. The Morgan fingerprint density at radius 1 is 0.854 bits per heavy atom. The molecule has 0 aliphatic rings. The number of hydrogen-bond donors (Lipinski definition) is 1. The standard InChI is InChI=1S/C30H47NO10/c1-9-10-11-12-26(32)37-16-15-30(31,27(33)36-8)18-23-13-14-24(40-28(34)38-21(6)19(2)3)25(17-23)41-29(35)39-22(7)20(4)5/h13-14,17,19-22H,9-12,15-16,18,31H2,1-8H3/t21-,22?,30+/m0/s1. The van der Waals surface area contributed by atoms with E-state index in [1.807, 2.05) is 34.6 Å². The summed E-state index contributed by atoms with van der Waals surface area (Å²) in [5.74, 6) is -1.21. The zero-order valence-electron chi connectivity index (χ0n) is 25.7. The maximum absolute atomic E-state index is 12.7. The molecule has 0 spiro atoms. The van der Waals surface area contributed by atoms with Crippen molar-refractivity contribution in [2.75, 3.05) is 13.7 Å². The number of carbonyl (C=O) groups is 4. The number of esters is 2. The summed E-state index contributed by atoms with van der Waals surface area (Å²) in [6, 6.07) is 4.37. The van der Waals surface area contributed by atoms with Gasteiger partial charge in [0.15, 0.2) is 11.5 Å². The monoisotopic (exact) mass is 581 g/mol. The quantitative estimate of drug-likeness (QED) is 0.110. The average Bonchev–Trinajstić information content (AvgIpc) is 2.89. The molecular formula is C30H47NO10. The molecule has 0 saturated carbocycles. The van der Waals surface area contributed by atoms with Crippen molar-refractivity contribution < 1.29 is 47.6 Å².